The Kier molecular flexibility index (Phi) is 2.41. The summed E-state index contributed by atoms with van der Waals surface area (Å²) in [6, 6.07) is 0.600. The molecule has 1 saturated heterocycles. The van der Waals surface area contributed by atoms with Crippen LogP contribution in [0, 0.1) is 0 Å². The molecule has 5 heteroatoms. The lowest BCUT2D eigenvalue weighted by Gasteiger charge is -2.26. The molecule has 2 fully saturated rings. The molecule has 1 aliphatic carbocycles. The minimum Gasteiger partial charge on any atom is -0.447 e. The first kappa shape index (κ1) is 8.19. The summed E-state index contributed by atoms with van der Waals surface area (Å²) in [6.07, 6.45) is 3.56. The molecule has 0 radical (unpaired) electrons. The number of cyclic esters (lactones) is 1. The largest absolute Gasteiger partial charge is 0.447 e. The van der Waals surface area contributed by atoms with Crippen molar-refractivity contribution < 1.29 is 9.53 Å². The van der Waals surface area contributed by atoms with Gasteiger partial charge in [0.2, 0.25) is 0 Å². The molecule has 4 nitrogen and oxygen atoms in total. The quantitative estimate of drug-likeness (QED) is 0.674. The Morgan fingerprint density at radius 3 is 2.92 bits per heavy atom. The van der Waals surface area contributed by atoms with Crippen molar-refractivity contribution in [2.24, 2.45) is 0 Å². The van der Waals surface area contributed by atoms with E-state index in [1.165, 1.54) is 31.4 Å². The second-order valence-corrected chi connectivity index (χ2v) is 3.91. The van der Waals surface area contributed by atoms with E-state index >= 15 is 0 Å². The Balaban J connectivity index is 1.68. The lowest BCUT2D eigenvalue weighted by molar-refractivity contribution is 0.171. The smallest absolute Gasteiger partial charge is 0.421 e. The van der Waals surface area contributed by atoms with Crippen LogP contribution in [0.2, 0.25) is 0 Å². The lowest BCUT2D eigenvalue weighted by atomic mass is 9.94. The van der Waals surface area contributed by atoms with Crippen LogP contribution in [-0.4, -0.2) is 29.6 Å². The number of rotatable bonds is 3. The summed E-state index contributed by atoms with van der Waals surface area (Å²) in [4.78, 5) is 10.9. The van der Waals surface area contributed by atoms with Gasteiger partial charge in [-0.1, -0.05) is 6.42 Å². The number of nitrogens with one attached hydrogen (secondary N) is 1. The Morgan fingerprint density at radius 1 is 1.58 bits per heavy atom. The van der Waals surface area contributed by atoms with Crippen molar-refractivity contribution in [3.8, 4) is 0 Å². The third-order valence-corrected chi connectivity index (χ3v) is 3.15. The van der Waals surface area contributed by atoms with Crippen LogP contribution >= 0.6 is 12.1 Å². The van der Waals surface area contributed by atoms with E-state index in [0.29, 0.717) is 19.2 Å². The molecule has 1 saturated carbocycles. The number of hydrogen-bond donors (Lipinski definition) is 1. The van der Waals surface area contributed by atoms with E-state index in [9.17, 15) is 4.79 Å². The highest BCUT2D eigenvalue weighted by atomic mass is 32.2. The van der Waals surface area contributed by atoms with E-state index in [4.69, 9.17) is 4.74 Å². The van der Waals surface area contributed by atoms with Crippen LogP contribution in [0.3, 0.4) is 0 Å². The average Bonchev–Trinajstić information content (AvgIpc) is 2.33. The number of hydrogen-bond acceptors (Lipinski definition) is 4. The van der Waals surface area contributed by atoms with Crippen molar-refractivity contribution >= 4 is 18.2 Å². The van der Waals surface area contributed by atoms with Crippen molar-refractivity contribution in [1.82, 2.24) is 9.03 Å². The SMILES string of the molecule is O=C1OCCN1SNC1CCC1. The predicted molar refractivity (Wildman–Crippen MR) is 46.4 cm³/mol. The fourth-order valence-corrected chi connectivity index (χ4v) is 1.93. The first-order chi connectivity index (χ1) is 5.86. The summed E-state index contributed by atoms with van der Waals surface area (Å²) in [5, 5.41) is 0. The molecular weight excluding hydrogens is 176 g/mol. The van der Waals surface area contributed by atoms with Gasteiger partial charge in [0, 0.05) is 18.2 Å². The molecule has 0 spiro atoms. The molecule has 0 unspecified atom stereocenters. The van der Waals surface area contributed by atoms with Gasteiger partial charge in [-0.2, -0.15) is 0 Å². The number of ether oxygens (including phenoxy) is 1. The second kappa shape index (κ2) is 3.53. The maximum absolute atomic E-state index is 10.9. The Labute approximate surface area is 75.9 Å². The first-order valence-electron chi connectivity index (χ1n) is 4.23. The van der Waals surface area contributed by atoms with E-state index in [-0.39, 0.29) is 6.09 Å². The highest BCUT2D eigenvalue weighted by Gasteiger charge is 2.25. The van der Waals surface area contributed by atoms with Crippen molar-refractivity contribution in [3.63, 3.8) is 0 Å². The van der Waals surface area contributed by atoms with Gasteiger partial charge in [-0.05, 0) is 12.8 Å². The summed E-state index contributed by atoms with van der Waals surface area (Å²) < 4.78 is 9.63. The molecule has 0 aromatic carbocycles. The highest BCUT2D eigenvalue weighted by Crippen LogP contribution is 2.22. The molecule has 0 aromatic heterocycles. The molecule has 2 rings (SSSR count). The van der Waals surface area contributed by atoms with Gasteiger partial charge in [0.1, 0.15) is 6.61 Å². The van der Waals surface area contributed by atoms with E-state index in [0.717, 1.165) is 0 Å². The monoisotopic (exact) mass is 188 g/mol. The van der Waals surface area contributed by atoms with E-state index in [2.05, 4.69) is 4.72 Å². The summed E-state index contributed by atoms with van der Waals surface area (Å²) in [5.74, 6) is 0. The van der Waals surface area contributed by atoms with Crippen LogP contribution in [0.25, 0.3) is 0 Å². The van der Waals surface area contributed by atoms with Gasteiger partial charge in [0.15, 0.2) is 0 Å². The molecular formula is C7H12N2O2S. The van der Waals surface area contributed by atoms with Crippen LogP contribution in [0.5, 0.6) is 0 Å². The van der Waals surface area contributed by atoms with Gasteiger partial charge < -0.3 is 4.74 Å². The van der Waals surface area contributed by atoms with Crippen LogP contribution in [-0.2, 0) is 4.74 Å². The van der Waals surface area contributed by atoms with E-state index < -0.39 is 0 Å². The summed E-state index contributed by atoms with van der Waals surface area (Å²) >= 11 is 1.38. The van der Waals surface area contributed by atoms with Crippen molar-refractivity contribution in [2.45, 2.75) is 25.3 Å². The third kappa shape index (κ3) is 1.67. The van der Waals surface area contributed by atoms with Crippen molar-refractivity contribution in [1.29, 1.82) is 0 Å². The normalized spacial score (nSPS) is 24.0. The number of carbonyl (C=O) groups excluding carboxylic acids is 1. The molecule has 0 atom stereocenters. The molecule has 12 heavy (non-hydrogen) atoms. The lowest BCUT2D eigenvalue weighted by Crippen LogP contribution is -2.34. The molecule has 1 heterocycles. The van der Waals surface area contributed by atoms with Gasteiger partial charge in [0.25, 0.3) is 0 Å². The Bertz CT molecular complexity index is 184. The molecule has 0 bridgehead atoms. The number of amides is 1. The highest BCUT2D eigenvalue weighted by molar-refractivity contribution is 7.95. The van der Waals surface area contributed by atoms with E-state index in [1.54, 1.807) is 4.31 Å². The molecule has 1 amide bonds. The second-order valence-electron chi connectivity index (χ2n) is 3.05. The molecule has 0 aromatic rings. The predicted octanol–water partition coefficient (Wildman–Crippen LogP) is 1.14. The zero-order valence-corrected chi connectivity index (χ0v) is 7.60. The minimum absolute atomic E-state index is 0.216. The summed E-state index contributed by atoms with van der Waals surface area (Å²) in [5.41, 5.74) is 0. The maximum atomic E-state index is 10.9. The minimum atomic E-state index is -0.216. The zero-order valence-electron chi connectivity index (χ0n) is 6.78. The fourth-order valence-electron chi connectivity index (χ4n) is 1.13. The molecule has 68 valence electrons. The first-order valence-corrected chi connectivity index (χ1v) is 5.00. The van der Waals surface area contributed by atoms with Gasteiger partial charge in [0.05, 0.1) is 6.54 Å². The van der Waals surface area contributed by atoms with Crippen molar-refractivity contribution in [3.05, 3.63) is 0 Å². The van der Waals surface area contributed by atoms with E-state index in [1.807, 2.05) is 0 Å². The van der Waals surface area contributed by atoms with Gasteiger partial charge in [-0.3, -0.25) is 0 Å². The topological polar surface area (TPSA) is 41.6 Å². The fraction of sp³-hybridized carbons (Fsp3) is 0.857. The standard InChI is InChI=1S/C7H12N2O2S/c10-7-9(4-5-11-7)12-8-6-2-1-3-6/h6,8H,1-5H2. The number of carbonyl (C=O) groups is 1. The molecule has 2 aliphatic rings. The molecule has 1 N–H and O–H groups in total. The third-order valence-electron chi connectivity index (χ3n) is 2.16. The van der Waals surface area contributed by atoms with Gasteiger partial charge in [-0.15, -0.1) is 0 Å². The van der Waals surface area contributed by atoms with Crippen LogP contribution < -0.4 is 4.72 Å². The number of nitrogens with zero attached hydrogens (tertiary/aromatic N) is 1. The van der Waals surface area contributed by atoms with Crippen LogP contribution in [0.4, 0.5) is 4.79 Å². The van der Waals surface area contributed by atoms with Crippen LogP contribution in [0.15, 0.2) is 0 Å². The molecule has 1 aliphatic heterocycles. The summed E-state index contributed by atoms with van der Waals surface area (Å²) in [6.45, 7) is 1.22. The Hall–Kier alpha value is -0.420. The zero-order chi connectivity index (χ0) is 8.39. The maximum Gasteiger partial charge on any atom is 0.421 e. The van der Waals surface area contributed by atoms with Crippen molar-refractivity contribution in [2.75, 3.05) is 13.2 Å². The summed E-state index contributed by atoms with van der Waals surface area (Å²) in [7, 11) is 0. The van der Waals surface area contributed by atoms with Crippen LogP contribution in [0.1, 0.15) is 19.3 Å². The average molecular weight is 188 g/mol. The van der Waals surface area contributed by atoms with Gasteiger partial charge in [-0.25, -0.2) is 13.8 Å². The van der Waals surface area contributed by atoms with Gasteiger partial charge >= 0.3 is 6.09 Å². The Morgan fingerprint density at radius 2 is 2.42 bits per heavy atom.